The third kappa shape index (κ3) is 3.45. The summed E-state index contributed by atoms with van der Waals surface area (Å²) in [6.45, 7) is 2.45. The summed E-state index contributed by atoms with van der Waals surface area (Å²) in [5.41, 5.74) is 7.94. The molecule has 2 N–H and O–H groups in total. The van der Waals surface area contributed by atoms with E-state index in [4.69, 9.17) is 10.5 Å². The van der Waals surface area contributed by atoms with Gasteiger partial charge in [0.05, 0.1) is 5.69 Å². The van der Waals surface area contributed by atoms with E-state index in [-0.39, 0.29) is 6.04 Å². The normalized spacial score (nSPS) is 12.7. The fraction of sp³-hybridized carbons (Fsp3) is 0.267. The zero-order chi connectivity index (χ0) is 14.8. The van der Waals surface area contributed by atoms with E-state index in [0.29, 0.717) is 6.61 Å². The highest BCUT2D eigenvalue weighted by atomic mass is 79.9. The van der Waals surface area contributed by atoms with Crippen LogP contribution in [0, 0.1) is 0 Å². The van der Waals surface area contributed by atoms with Crippen LogP contribution in [0.15, 0.2) is 40.4 Å². The van der Waals surface area contributed by atoms with Gasteiger partial charge in [-0.1, -0.05) is 15.9 Å². The van der Waals surface area contributed by atoms with Gasteiger partial charge in [0.1, 0.15) is 12.4 Å². The number of imidazole rings is 1. The lowest BCUT2D eigenvalue weighted by Crippen LogP contribution is -2.18. The number of aromatic nitrogens is 2. The Hall–Kier alpha value is -1.37. The summed E-state index contributed by atoms with van der Waals surface area (Å²) in [7, 11) is 0. The molecule has 110 valence electrons. The Morgan fingerprint density at radius 2 is 2.33 bits per heavy atom. The van der Waals surface area contributed by atoms with E-state index >= 15 is 0 Å². The highest BCUT2D eigenvalue weighted by molar-refractivity contribution is 9.10. The van der Waals surface area contributed by atoms with Crippen LogP contribution in [-0.2, 0) is 13.0 Å². The quantitative estimate of drug-likeness (QED) is 0.750. The van der Waals surface area contributed by atoms with Gasteiger partial charge in [-0.25, -0.2) is 4.98 Å². The van der Waals surface area contributed by atoms with Gasteiger partial charge < -0.3 is 10.5 Å². The molecule has 0 saturated heterocycles. The first-order valence-electron chi connectivity index (χ1n) is 6.69. The Labute approximate surface area is 135 Å². The maximum absolute atomic E-state index is 5.93. The fourth-order valence-corrected chi connectivity index (χ4v) is 3.32. The Bertz CT molecular complexity index is 722. The molecule has 2 aromatic heterocycles. The van der Waals surface area contributed by atoms with Gasteiger partial charge in [-0.15, -0.1) is 11.3 Å². The number of nitrogens with two attached hydrogens (primary N) is 1. The maximum Gasteiger partial charge on any atom is 0.193 e. The number of fused-ring (bicyclic) bond motifs is 1. The Kier molecular flexibility index (Phi) is 4.28. The van der Waals surface area contributed by atoms with Gasteiger partial charge in [-0.2, -0.15) is 0 Å². The number of nitrogens with zero attached hydrogens (tertiary/aromatic N) is 2. The number of rotatable bonds is 5. The second-order valence-corrected chi connectivity index (χ2v) is 6.84. The molecule has 0 aliphatic rings. The molecule has 0 aliphatic heterocycles. The minimum atomic E-state index is 0.0968. The SMILES string of the molecule is CC(N)Cc1cc(Br)ccc1OCc1cn2ccsc2n1. The van der Waals surface area contributed by atoms with E-state index in [1.165, 1.54) is 0 Å². The molecule has 1 aromatic carbocycles. The van der Waals surface area contributed by atoms with Crippen LogP contribution in [-0.4, -0.2) is 15.4 Å². The van der Waals surface area contributed by atoms with Crippen LogP contribution >= 0.6 is 27.3 Å². The number of benzene rings is 1. The molecule has 0 radical (unpaired) electrons. The lowest BCUT2D eigenvalue weighted by molar-refractivity contribution is 0.298. The van der Waals surface area contributed by atoms with Crippen LogP contribution < -0.4 is 10.5 Å². The molecule has 0 bridgehead atoms. The molecular weight excluding hydrogens is 350 g/mol. The van der Waals surface area contributed by atoms with Crippen LogP contribution in [0.3, 0.4) is 0 Å². The van der Waals surface area contributed by atoms with Gasteiger partial charge >= 0.3 is 0 Å². The van der Waals surface area contributed by atoms with Gasteiger partial charge in [0, 0.05) is 28.3 Å². The summed E-state index contributed by atoms with van der Waals surface area (Å²) < 4.78 is 8.97. The second-order valence-electron chi connectivity index (χ2n) is 5.05. The molecule has 1 unspecified atom stereocenters. The average Bonchev–Trinajstić information content (AvgIpc) is 2.97. The van der Waals surface area contributed by atoms with Crippen LogP contribution in [0.2, 0.25) is 0 Å². The van der Waals surface area contributed by atoms with Crippen molar-refractivity contribution < 1.29 is 4.74 Å². The van der Waals surface area contributed by atoms with Crippen LogP contribution in [0.4, 0.5) is 0 Å². The monoisotopic (exact) mass is 365 g/mol. The van der Waals surface area contributed by atoms with Gasteiger partial charge in [0.15, 0.2) is 4.96 Å². The molecule has 0 saturated carbocycles. The van der Waals surface area contributed by atoms with Crippen LogP contribution in [0.5, 0.6) is 5.75 Å². The molecule has 0 aliphatic carbocycles. The number of hydrogen-bond donors (Lipinski definition) is 1. The van der Waals surface area contributed by atoms with Crippen molar-refractivity contribution in [1.29, 1.82) is 0 Å². The van der Waals surface area contributed by atoms with Crippen LogP contribution in [0.1, 0.15) is 18.2 Å². The summed E-state index contributed by atoms with van der Waals surface area (Å²) in [5.74, 6) is 0.867. The zero-order valence-electron chi connectivity index (χ0n) is 11.6. The lowest BCUT2D eigenvalue weighted by atomic mass is 10.1. The van der Waals surface area contributed by atoms with Crippen molar-refractivity contribution in [3.63, 3.8) is 0 Å². The van der Waals surface area contributed by atoms with Crippen molar-refractivity contribution in [3.05, 3.63) is 51.7 Å². The minimum Gasteiger partial charge on any atom is -0.487 e. The van der Waals surface area contributed by atoms with Gasteiger partial charge in [0.2, 0.25) is 0 Å². The molecule has 21 heavy (non-hydrogen) atoms. The van der Waals surface area contributed by atoms with E-state index in [1.807, 2.05) is 41.2 Å². The molecular formula is C15H16BrN3OS. The highest BCUT2D eigenvalue weighted by Crippen LogP contribution is 2.25. The van der Waals surface area contributed by atoms with E-state index in [9.17, 15) is 0 Å². The third-order valence-corrected chi connectivity index (χ3v) is 4.35. The topological polar surface area (TPSA) is 52.5 Å². The van der Waals surface area contributed by atoms with Crippen molar-refractivity contribution in [2.75, 3.05) is 0 Å². The van der Waals surface area contributed by atoms with Crippen molar-refractivity contribution in [1.82, 2.24) is 9.38 Å². The summed E-state index contributed by atoms with van der Waals surface area (Å²) >= 11 is 5.11. The summed E-state index contributed by atoms with van der Waals surface area (Å²) in [6, 6.07) is 6.11. The fourth-order valence-electron chi connectivity index (χ4n) is 2.19. The summed E-state index contributed by atoms with van der Waals surface area (Å²) in [6.07, 6.45) is 4.78. The average molecular weight is 366 g/mol. The third-order valence-electron chi connectivity index (χ3n) is 3.08. The van der Waals surface area contributed by atoms with Gasteiger partial charge in [-0.3, -0.25) is 4.40 Å². The Morgan fingerprint density at radius 3 is 3.10 bits per heavy atom. The van der Waals surface area contributed by atoms with Crippen molar-refractivity contribution in [3.8, 4) is 5.75 Å². The molecule has 3 rings (SSSR count). The number of ether oxygens (including phenoxy) is 1. The first-order valence-corrected chi connectivity index (χ1v) is 8.37. The predicted molar refractivity (Wildman–Crippen MR) is 88.9 cm³/mol. The molecule has 1 atom stereocenters. The van der Waals surface area contributed by atoms with Gasteiger partial charge in [-0.05, 0) is 37.1 Å². The number of hydrogen-bond acceptors (Lipinski definition) is 4. The van der Waals surface area contributed by atoms with Crippen molar-refractivity contribution in [2.24, 2.45) is 5.73 Å². The molecule has 2 heterocycles. The largest absolute Gasteiger partial charge is 0.487 e. The van der Waals surface area contributed by atoms with Crippen LogP contribution in [0.25, 0.3) is 4.96 Å². The van der Waals surface area contributed by atoms with Gasteiger partial charge in [0.25, 0.3) is 0 Å². The van der Waals surface area contributed by atoms with E-state index < -0.39 is 0 Å². The molecule has 0 fully saturated rings. The smallest absolute Gasteiger partial charge is 0.193 e. The lowest BCUT2D eigenvalue weighted by Gasteiger charge is -2.13. The molecule has 0 amide bonds. The predicted octanol–water partition coefficient (Wildman–Crippen LogP) is 3.63. The van der Waals surface area contributed by atoms with E-state index in [1.54, 1.807) is 11.3 Å². The standard InChI is InChI=1S/C15H16BrN3OS/c1-10(17)6-11-7-12(16)2-3-14(11)20-9-13-8-19-4-5-21-15(19)18-13/h2-5,7-8,10H,6,9,17H2,1H3. The van der Waals surface area contributed by atoms with Crippen molar-refractivity contribution >= 4 is 32.2 Å². The maximum atomic E-state index is 5.93. The second kappa shape index (κ2) is 6.17. The molecule has 6 heteroatoms. The number of halogens is 1. The van der Waals surface area contributed by atoms with E-state index in [2.05, 4.69) is 27.0 Å². The number of thiazole rings is 1. The van der Waals surface area contributed by atoms with E-state index in [0.717, 1.165) is 32.9 Å². The highest BCUT2D eigenvalue weighted by Gasteiger charge is 2.09. The molecule has 4 nitrogen and oxygen atoms in total. The zero-order valence-corrected chi connectivity index (χ0v) is 14.0. The minimum absolute atomic E-state index is 0.0968. The Balaban J connectivity index is 1.76. The summed E-state index contributed by atoms with van der Waals surface area (Å²) in [4.78, 5) is 5.50. The van der Waals surface area contributed by atoms with Crippen molar-refractivity contribution in [2.45, 2.75) is 26.0 Å². The molecule has 3 aromatic rings. The first-order chi connectivity index (χ1) is 10.1. The molecule has 0 spiro atoms. The summed E-state index contributed by atoms with van der Waals surface area (Å²) in [5, 5.41) is 2.02. The Morgan fingerprint density at radius 1 is 1.48 bits per heavy atom. The first kappa shape index (κ1) is 14.6.